The van der Waals surface area contributed by atoms with Crippen molar-refractivity contribution in [1.29, 1.82) is 0 Å². The molecule has 2 N–H and O–H groups in total. The number of carbonyl (C=O) groups excluding carboxylic acids is 1. The lowest BCUT2D eigenvalue weighted by Crippen LogP contribution is -2.03. The van der Waals surface area contributed by atoms with E-state index in [1.807, 2.05) is 0 Å². The molecule has 1 aromatic carbocycles. The van der Waals surface area contributed by atoms with Crippen LogP contribution in [0.1, 0.15) is 10.5 Å². The number of aromatic nitrogens is 2. The summed E-state index contributed by atoms with van der Waals surface area (Å²) >= 11 is 0. The molecule has 2 aromatic rings. The van der Waals surface area contributed by atoms with E-state index in [9.17, 15) is 14.0 Å². The summed E-state index contributed by atoms with van der Waals surface area (Å²) in [6.07, 6.45) is 1.78. The molecule has 0 bridgehead atoms. The van der Waals surface area contributed by atoms with Gasteiger partial charge < -0.3 is 10.4 Å². The van der Waals surface area contributed by atoms with Crippen LogP contribution in [-0.2, 0) is 4.79 Å². The number of carboxylic acids is 1. The Balaban J connectivity index is 2.37. The average Bonchev–Trinajstić information content (AvgIpc) is 2.79. The number of aromatic carboxylic acids is 1. The van der Waals surface area contributed by atoms with Crippen LogP contribution < -0.4 is 5.32 Å². The van der Waals surface area contributed by atoms with Crippen molar-refractivity contribution in [3.05, 3.63) is 42.0 Å². The topological polar surface area (TPSA) is 84.2 Å². The standard InChI is InChI=1S/C11H8FN3O3/c12-8-5-7(13-6-16)1-2-10(8)15-4-3-9(14-15)11(17)18/h1-6H,(H,13,16)(H,17,18). The molecular formula is C11H8FN3O3. The first kappa shape index (κ1) is 11.8. The van der Waals surface area contributed by atoms with Gasteiger partial charge in [0.05, 0.1) is 0 Å². The summed E-state index contributed by atoms with van der Waals surface area (Å²) < 4.78 is 14.8. The minimum Gasteiger partial charge on any atom is -0.476 e. The van der Waals surface area contributed by atoms with Gasteiger partial charge in [0, 0.05) is 11.9 Å². The lowest BCUT2D eigenvalue weighted by molar-refractivity contribution is -0.105. The number of hydrogen-bond donors (Lipinski definition) is 2. The summed E-state index contributed by atoms with van der Waals surface area (Å²) in [6.45, 7) is 0. The van der Waals surface area contributed by atoms with E-state index in [2.05, 4.69) is 10.4 Å². The Kier molecular flexibility index (Phi) is 3.05. The molecular weight excluding hydrogens is 241 g/mol. The van der Waals surface area contributed by atoms with E-state index in [-0.39, 0.29) is 11.4 Å². The molecule has 0 atom stereocenters. The first-order valence-corrected chi connectivity index (χ1v) is 4.91. The molecule has 6 nitrogen and oxygen atoms in total. The minimum absolute atomic E-state index is 0.0962. The number of carbonyl (C=O) groups is 2. The molecule has 2 rings (SSSR count). The second-order valence-corrected chi connectivity index (χ2v) is 3.38. The van der Waals surface area contributed by atoms with Crippen LogP contribution >= 0.6 is 0 Å². The quantitative estimate of drug-likeness (QED) is 0.799. The number of anilines is 1. The third-order valence-electron chi connectivity index (χ3n) is 2.23. The molecule has 0 fully saturated rings. The summed E-state index contributed by atoms with van der Waals surface area (Å²) in [5.74, 6) is -1.81. The van der Waals surface area contributed by atoms with E-state index in [0.717, 1.165) is 10.7 Å². The molecule has 0 saturated heterocycles. The first-order valence-electron chi connectivity index (χ1n) is 4.91. The number of hydrogen-bond acceptors (Lipinski definition) is 3. The fourth-order valence-corrected chi connectivity index (χ4v) is 1.42. The molecule has 18 heavy (non-hydrogen) atoms. The fourth-order valence-electron chi connectivity index (χ4n) is 1.42. The Morgan fingerprint density at radius 3 is 2.78 bits per heavy atom. The molecule has 0 aliphatic rings. The highest BCUT2D eigenvalue weighted by Gasteiger charge is 2.10. The number of nitrogens with one attached hydrogen (secondary N) is 1. The average molecular weight is 249 g/mol. The summed E-state index contributed by atoms with van der Waals surface area (Å²) in [6, 6.07) is 5.25. The number of carboxylic acid groups (broad SMARTS) is 1. The molecule has 0 spiro atoms. The molecule has 0 aliphatic carbocycles. The lowest BCUT2D eigenvalue weighted by atomic mass is 10.2. The Hall–Kier alpha value is -2.70. The smallest absolute Gasteiger partial charge is 0.356 e. The van der Waals surface area contributed by atoms with Crippen molar-refractivity contribution in [1.82, 2.24) is 9.78 Å². The molecule has 92 valence electrons. The Labute approximate surface area is 101 Å². The third-order valence-corrected chi connectivity index (χ3v) is 2.23. The Morgan fingerprint density at radius 2 is 2.22 bits per heavy atom. The van der Waals surface area contributed by atoms with Gasteiger partial charge in [-0.3, -0.25) is 4.79 Å². The number of benzene rings is 1. The summed E-state index contributed by atoms with van der Waals surface area (Å²) in [5.41, 5.74) is 0.223. The highest BCUT2D eigenvalue weighted by atomic mass is 19.1. The molecule has 1 aromatic heterocycles. The van der Waals surface area contributed by atoms with Crippen molar-refractivity contribution >= 4 is 18.1 Å². The van der Waals surface area contributed by atoms with Crippen molar-refractivity contribution in [2.75, 3.05) is 5.32 Å². The minimum atomic E-state index is -1.19. The van der Waals surface area contributed by atoms with Crippen molar-refractivity contribution in [2.24, 2.45) is 0 Å². The SMILES string of the molecule is O=CNc1ccc(-n2ccc(C(=O)O)n2)c(F)c1. The van der Waals surface area contributed by atoms with E-state index in [0.29, 0.717) is 12.1 Å². The number of amides is 1. The van der Waals surface area contributed by atoms with E-state index < -0.39 is 11.8 Å². The largest absolute Gasteiger partial charge is 0.476 e. The second kappa shape index (κ2) is 4.66. The number of nitrogens with zero attached hydrogens (tertiary/aromatic N) is 2. The number of rotatable bonds is 4. The molecule has 0 saturated carbocycles. The van der Waals surface area contributed by atoms with Gasteiger partial charge in [0.2, 0.25) is 6.41 Å². The van der Waals surface area contributed by atoms with Crippen LogP contribution in [0.5, 0.6) is 0 Å². The Bertz CT molecular complexity index is 609. The van der Waals surface area contributed by atoms with Crippen LogP contribution in [0.25, 0.3) is 5.69 Å². The molecule has 7 heteroatoms. The third kappa shape index (κ3) is 2.19. The molecule has 0 radical (unpaired) electrons. The maximum Gasteiger partial charge on any atom is 0.356 e. The van der Waals surface area contributed by atoms with E-state index in [4.69, 9.17) is 5.11 Å². The van der Waals surface area contributed by atoms with Gasteiger partial charge in [-0.15, -0.1) is 0 Å². The van der Waals surface area contributed by atoms with Crippen LogP contribution in [0.2, 0.25) is 0 Å². The monoisotopic (exact) mass is 249 g/mol. The summed E-state index contributed by atoms with van der Waals surface area (Å²) in [4.78, 5) is 20.9. The zero-order valence-corrected chi connectivity index (χ0v) is 9.00. The predicted octanol–water partition coefficient (Wildman–Crippen LogP) is 1.28. The lowest BCUT2D eigenvalue weighted by Gasteiger charge is -2.05. The predicted molar refractivity (Wildman–Crippen MR) is 60.2 cm³/mol. The van der Waals surface area contributed by atoms with Crippen molar-refractivity contribution < 1.29 is 19.1 Å². The molecule has 1 amide bonds. The van der Waals surface area contributed by atoms with Gasteiger partial charge in [0.1, 0.15) is 5.69 Å². The van der Waals surface area contributed by atoms with Gasteiger partial charge in [-0.1, -0.05) is 0 Å². The summed E-state index contributed by atoms with van der Waals surface area (Å²) in [5, 5.41) is 14.7. The van der Waals surface area contributed by atoms with Crippen molar-refractivity contribution in [2.45, 2.75) is 0 Å². The van der Waals surface area contributed by atoms with Crippen LogP contribution in [-0.4, -0.2) is 27.3 Å². The van der Waals surface area contributed by atoms with Gasteiger partial charge in [0.15, 0.2) is 11.5 Å². The van der Waals surface area contributed by atoms with E-state index >= 15 is 0 Å². The number of halogens is 1. The van der Waals surface area contributed by atoms with Crippen molar-refractivity contribution in [3.63, 3.8) is 0 Å². The summed E-state index contributed by atoms with van der Waals surface area (Å²) in [7, 11) is 0. The van der Waals surface area contributed by atoms with E-state index in [1.165, 1.54) is 24.4 Å². The molecule has 1 heterocycles. The maximum atomic E-state index is 13.7. The molecule has 0 unspecified atom stereocenters. The zero-order valence-electron chi connectivity index (χ0n) is 9.00. The van der Waals surface area contributed by atoms with E-state index in [1.54, 1.807) is 0 Å². The fraction of sp³-hybridized carbons (Fsp3) is 0. The van der Waals surface area contributed by atoms with Gasteiger partial charge in [-0.05, 0) is 24.3 Å². The van der Waals surface area contributed by atoms with Gasteiger partial charge in [0.25, 0.3) is 0 Å². The van der Waals surface area contributed by atoms with Crippen LogP contribution in [0.4, 0.5) is 10.1 Å². The van der Waals surface area contributed by atoms with Gasteiger partial charge in [-0.25, -0.2) is 13.9 Å². The first-order chi connectivity index (χ1) is 8.61. The van der Waals surface area contributed by atoms with Gasteiger partial charge >= 0.3 is 5.97 Å². The molecule has 0 aliphatic heterocycles. The van der Waals surface area contributed by atoms with Crippen LogP contribution in [0.3, 0.4) is 0 Å². The second-order valence-electron chi connectivity index (χ2n) is 3.38. The van der Waals surface area contributed by atoms with Crippen LogP contribution in [0.15, 0.2) is 30.5 Å². The van der Waals surface area contributed by atoms with Crippen LogP contribution in [0, 0.1) is 5.82 Å². The highest BCUT2D eigenvalue weighted by Crippen LogP contribution is 2.17. The van der Waals surface area contributed by atoms with Gasteiger partial charge in [-0.2, -0.15) is 5.10 Å². The highest BCUT2D eigenvalue weighted by molar-refractivity contribution is 5.85. The Morgan fingerprint density at radius 1 is 1.44 bits per heavy atom. The normalized spacial score (nSPS) is 10.1. The maximum absolute atomic E-state index is 13.7. The zero-order chi connectivity index (χ0) is 13.1. The van der Waals surface area contributed by atoms with Crippen molar-refractivity contribution in [3.8, 4) is 5.69 Å².